The lowest BCUT2D eigenvalue weighted by atomic mass is 9.93. The lowest BCUT2D eigenvalue weighted by Gasteiger charge is -2.29. The quantitative estimate of drug-likeness (QED) is 0.119. The number of para-hydroxylation sites is 1. The highest BCUT2D eigenvalue weighted by Crippen LogP contribution is 2.30. The molecule has 6 rings (SSSR count). The Bertz CT molecular complexity index is 2020. The lowest BCUT2D eigenvalue weighted by Crippen LogP contribution is -2.41. The van der Waals surface area contributed by atoms with Crippen molar-refractivity contribution < 1.29 is 29.0 Å². The number of hydrogen-bond donors (Lipinski definition) is 4. The van der Waals surface area contributed by atoms with Gasteiger partial charge in [0, 0.05) is 24.0 Å². The standard InChI is InChI=1S/C37H31N5O6/c1-38-27-5-4-6-28(21-27)41-37(46)40-26-12-16-29(17-13-26)47-30-14-9-24-20-31(15-10-23(24)19-30)48-34-18-11-25(22-39-34)35(43)42-33-8-3-2-7-32(33)36(44)45/h2-11,14-15,18-22,26,29H,12-13,16-17H2,(H,42,43)(H,44,45)(H2,40,41,46). The van der Waals surface area contributed by atoms with Crippen LogP contribution >= 0.6 is 0 Å². The van der Waals surface area contributed by atoms with E-state index in [1.54, 1.807) is 48.5 Å². The molecule has 1 aliphatic rings. The third-order valence-electron chi connectivity index (χ3n) is 7.96. The van der Waals surface area contributed by atoms with E-state index in [1.165, 1.54) is 18.3 Å². The third-order valence-corrected chi connectivity index (χ3v) is 7.96. The maximum Gasteiger partial charge on any atom is 0.337 e. The van der Waals surface area contributed by atoms with E-state index in [0.29, 0.717) is 23.0 Å². The van der Waals surface area contributed by atoms with Gasteiger partial charge in [-0.05, 0) is 91.1 Å². The van der Waals surface area contributed by atoms with Gasteiger partial charge in [0.25, 0.3) is 5.91 Å². The number of rotatable bonds is 9. The Morgan fingerprint density at radius 2 is 1.56 bits per heavy atom. The number of aromatic carboxylic acids is 1. The fourth-order valence-electron chi connectivity index (χ4n) is 5.53. The largest absolute Gasteiger partial charge is 0.490 e. The number of carboxylic acid groups (broad SMARTS) is 1. The molecule has 1 fully saturated rings. The Balaban J connectivity index is 0.992. The number of ether oxygens (including phenoxy) is 2. The van der Waals surface area contributed by atoms with Crippen LogP contribution in [0.1, 0.15) is 46.4 Å². The summed E-state index contributed by atoms with van der Waals surface area (Å²) in [6.07, 6.45) is 4.64. The molecule has 0 saturated heterocycles. The summed E-state index contributed by atoms with van der Waals surface area (Å²) in [4.78, 5) is 44.2. The molecule has 1 aliphatic carbocycles. The van der Waals surface area contributed by atoms with E-state index in [9.17, 15) is 19.5 Å². The predicted octanol–water partition coefficient (Wildman–Crippen LogP) is 8.04. The second kappa shape index (κ2) is 14.3. The Labute approximate surface area is 276 Å². The highest BCUT2D eigenvalue weighted by atomic mass is 16.5. The first kappa shape index (κ1) is 31.6. The molecule has 0 spiro atoms. The highest BCUT2D eigenvalue weighted by Gasteiger charge is 2.24. The fraction of sp³-hybridized carbons (Fsp3) is 0.162. The van der Waals surface area contributed by atoms with Crippen LogP contribution in [0, 0.1) is 6.57 Å². The fourth-order valence-corrected chi connectivity index (χ4v) is 5.53. The zero-order valence-electron chi connectivity index (χ0n) is 25.7. The normalized spacial score (nSPS) is 15.5. The summed E-state index contributed by atoms with van der Waals surface area (Å²) in [7, 11) is 0. The Hall–Kier alpha value is -6.41. The van der Waals surface area contributed by atoms with E-state index in [2.05, 4.69) is 25.8 Å². The predicted molar refractivity (Wildman–Crippen MR) is 181 cm³/mol. The van der Waals surface area contributed by atoms with Gasteiger partial charge in [-0.2, -0.15) is 0 Å². The molecule has 4 aromatic carbocycles. The van der Waals surface area contributed by atoms with E-state index in [1.807, 2.05) is 36.4 Å². The molecular weight excluding hydrogens is 610 g/mol. The summed E-state index contributed by atoms with van der Waals surface area (Å²) >= 11 is 0. The lowest BCUT2D eigenvalue weighted by molar-refractivity contribution is 0.0698. The molecule has 1 heterocycles. The number of carbonyl (C=O) groups is 3. The van der Waals surface area contributed by atoms with E-state index in [-0.39, 0.29) is 35.0 Å². The minimum atomic E-state index is -1.13. The van der Waals surface area contributed by atoms with Crippen LogP contribution in [-0.4, -0.2) is 40.1 Å². The van der Waals surface area contributed by atoms with Crippen LogP contribution in [0.5, 0.6) is 17.4 Å². The number of fused-ring (bicyclic) bond motifs is 1. The van der Waals surface area contributed by atoms with Gasteiger partial charge in [0.1, 0.15) is 11.5 Å². The number of anilines is 2. The molecule has 1 aromatic heterocycles. The molecule has 240 valence electrons. The topological polar surface area (TPSA) is 143 Å². The zero-order valence-corrected chi connectivity index (χ0v) is 25.7. The molecular formula is C37H31N5O6. The van der Waals surface area contributed by atoms with Crippen molar-refractivity contribution >= 4 is 45.7 Å². The Kier molecular flexibility index (Phi) is 9.44. The van der Waals surface area contributed by atoms with Gasteiger partial charge in [-0.1, -0.05) is 36.4 Å². The smallest absolute Gasteiger partial charge is 0.337 e. The van der Waals surface area contributed by atoms with Crippen molar-refractivity contribution in [3.05, 3.63) is 126 Å². The Morgan fingerprint density at radius 3 is 2.29 bits per heavy atom. The van der Waals surface area contributed by atoms with Gasteiger partial charge in [0.05, 0.1) is 29.5 Å². The highest BCUT2D eigenvalue weighted by molar-refractivity contribution is 6.07. The average Bonchev–Trinajstić information content (AvgIpc) is 3.09. The summed E-state index contributed by atoms with van der Waals surface area (Å²) in [5, 5.41) is 19.7. The van der Waals surface area contributed by atoms with Crippen molar-refractivity contribution in [2.45, 2.75) is 37.8 Å². The summed E-state index contributed by atoms with van der Waals surface area (Å²) in [6.45, 7) is 7.12. The minimum absolute atomic E-state index is 0.00481. The monoisotopic (exact) mass is 641 g/mol. The second-order valence-electron chi connectivity index (χ2n) is 11.3. The first-order valence-electron chi connectivity index (χ1n) is 15.4. The van der Waals surface area contributed by atoms with E-state index < -0.39 is 11.9 Å². The van der Waals surface area contributed by atoms with Gasteiger partial charge >= 0.3 is 12.0 Å². The van der Waals surface area contributed by atoms with E-state index in [0.717, 1.165) is 42.2 Å². The maximum absolute atomic E-state index is 12.7. The number of nitrogens with zero attached hydrogens (tertiary/aromatic N) is 2. The molecule has 0 unspecified atom stereocenters. The van der Waals surface area contributed by atoms with Crippen LogP contribution in [0.15, 0.2) is 103 Å². The molecule has 1 saturated carbocycles. The second-order valence-corrected chi connectivity index (χ2v) is 11.3. The van der Waals surface area contributed by atoms with Gasteiger partial charge in [-0.25, -0.2) is 19.4 Å². The summed E-state index contributed by atoms with van der Waals surface area (Å²) in [5.41, 5.74) is 1.51. The van der Waals surface area contributed by atoms with Crippen molar-refractivity contribution in [1.29, 1.82) is 0 Å². The molecule has 3 amide bonds. The number of carboxylic acids is 1. The Morgan fingerprint density at radius 1 is 0.812 bits per heavy atom. The van der Waals surface area contributed by atoms with E-state index >= 15 is 0 Å². The van der Waals surface area contributed by atoms with Gasteiger partial charge in [-0.3, -0.25) is 4.79 Å². The van der Waals surface area contributed by atoms with Crippen LogP contribution in [0.25, 0.3) is 15.6 Å². The molecule has 0 radical (unpaired) electrons. The van der Waals surface area contributed by atoms with E-state index in [4.69, 9.17) is 16.0 Å². The molecule has 0 atom stereocenters. The number of benzene rings is 4. The summed E-state index contributed by atoms with van der Waals surface area (Å²) < 4.78 is 12.2. The number of aromatic nitrogens is 1. The number of urea groups is 1. The number of amides is 3. The van der Waals surface area contributed by atoms with Gasteiger partial charge < -0.3 is 30.5 Å². The molecule has 11 heteroatoms. The maximum atomic E-state index is 12.7. The van der Waals surface area contributed by atoms with Crippen molar-refractivity contribution in [2.24, 2.45) is 0 Å². The van der Waals surface area contributed by atoms with Crippen LogP contribution in [0.2, 0.25) is 0 Å². The minimum Gasteiger partial charge on any atom is -0.490 e. The molecule has 0 aliphatic heterocycles. The number of pyridine rings is 1. The molecule has 11 nitrogen and oxygen atoms in total. The van der Waals surface area contributed by atoms with Gasteiger partial charge in [0.2, 0.25) is 5.88 Å². The summed E-state index contributed by atoms with van der Waals surface area (Å²) in [5.74, 6) is 0.0234. The van der Waals surface area contributed by atoms with Crippen molar-refractivity contribution in [1.82, 2.24) is 10.3 Å². The third kappa shape index (κ3) is 7.86. The number of carbonyl (C=O) groups excluding carboxylic acids is 2. The molecule has 0 bridgehead atoms. The zero-order chi connectivity index (χ0) is 33.5. The average molecular weight is 642 g/mol. The molecule has 4 N–H and O–H groups in total. The van der Waals surface area contributed by atoms with Crippen molar-refractivity contribution in [3.8, 4) is 17.4 Å². The number of hydrogen-bond acceptors (Lipinski definition) is 6. The van der Waals surface area contributed by atoms with Crippen molar-refractivity contribution in [2.75, 3.05) is 10.6 Å². The van der Waals surface area contributed by atoms with Crippen LogP contribution in [0.3, 0.4) is 0 Å². The molecule has 48 heavy (non-hydrogen) atoms. The van der Waals surface area contributed by atoms with Gasteiger partial charge in [-0.15, -0.1) is 0 Å². The SMILES string of the molecule is [C-]#[N+]c1cccc(NC(=O)NC2CCC(Oc3ccc4cc(Oc5ccc(C(=O)Nc6ccccc6C(=O)O)cn5)ccc4c3)CC2)c1. The first-order valence-corrected chi connectivity index (χ1v) is 15.4. The van der Waals surface area contributed by atoms with Crippen molar-refractivity contribution in [3.63, 3.8) is 0 Å². The first-order chi connectivity index (χ1) is 23.3. The van der Waals surface area contributed by atoms with Gasteiger partial charge in [0.15, 0.2) is 5.69 Å². The molecule has 5 aromatic rings. The summed E-state index contributed by atoms with van der Waals surface area (Å²) in [6, 6.07) is 27.4. The number of nitrogens with one attached hydrogen (secondary N) is 3. The van der Waals surface area contributed by atoms with Crippen LogP contribution in [-0.2, 0) is 0 Å². The van der Waals surface area contributed by atoms with Crippen LogP contribution < -0.4 is 25.4 Å². The van der Waals surface area contributed by atoms with Crippen LogP contribution in [0.4, 0.5) is 21.9 Å².